The molecule has 0 saturated heterocycles. The summed E-state index contributed by atoms with van der Waals surface area (Å²) in [4.78, 5) is 0. The maximum absolute atomic E-state index is 12.0. The van der Waals surface area contributed by atoms with Crippen LogP contribution in [0.2, 0.25) is 0 Å². The molecule has 0 saturated carbocycles. The molecule has 0 radical (unpaired) electrons. The van der Waals surface area contributed by atoms with Gasteiger partial charge in [-0.15, -0.1) is 0 Å². The van der Waals surface area contributed by atoms with Gasteiger partial charge in [0.05, 0.1) is 11.4 Å². The molecule has 0 aromatic heterocycles. The number of nitrogens with two attached hydrogens (primary N) is 1. The average molecular weight is 257 g/mol. The van der Waals surface area contributed by atoms with Gasteiger partial charge in [-0.05, 0) is 32.4 Å². The lowest BCUT2D eigenvalue weighted by atomic mass is 10.2. The van der Waals surface area contributed by atoms with Crippen LogP contribution in [0, 0.1) is 6.92 Å². The minimum absolute atomic E-state index is 0.113. The Labute approximate surface area is 103 Å². The van der Waals surface area contributed by atoms with Crippen LogP contribution in [0.5, 0.6) is 0 Å². The van der Waals surface area contributed by atoms with Crippen LogP contribution in [0.15, 0.2) is 18.2 Å². The Morgan fingerprint density at radius 2 is 1.94 bits per heavy atom. The minimum Gasteiger partial charge on any atom is -0.397 e. The predicted octanol–water partition coefficient (Wildman–Crippen LogP) is 1.57. The number of nitrogens with zero attached hydrogens (tertiary/aromatic N) is 1. The van der Waals surface area contributed by atoms with Gasteiger partial charge in [-0.25, -0.2) is 0 Å². The molecule has 5 nitrogen and oxygen atoms in total. The van der Waals surface area contributed by atoms with Crippen LogP contribution in [0.4, 0.5) is 11.4 Å². The second-order valence-corrected chi connectivity index (χ2v) is 5.99. The monoisotopic (exact) mass is 257 g/mol. The Hall–Kier alpha value is -1.27. The van der Waals surface area contributed by atoms with Crippen LogP contribution in [0.3, 0.4) is 0 Å². The third kappa shape index (κ3) is 3.10. The fourth-order valence-corrected chi connectivity index (χ4v) is 2.54. The normalized spacial score (nSPS) is 12.1. The number of aryl methyl sites for hydroxylation is 1. The summed E-state index contributed by atoms with van der Waals surface area (Å²) in [6, 6.07) is 5.15. The van der Waals surface area contributed by atoms with Crippen molar-refractivity contribution in [1.29, 1.82) is 0 Å². The van der Waals surface area contributed by atoms with Crippen LogP contribution in [-0.4, -0.2) is 25.8 Å². The molecule has 3 N–H and O–H groups in total. The molecule has 17 heavy (non-hydrogen) atoms. The summed E-state index contributed by atoms with van der Waals surface area (Å²) in [6.45, 7) is 5.42. The first-order valence-electron chi connectivity index (χ1n) is 5.36. The summed E-state index contributed by atoms with van der Waals surface area (Å²) in [6.07, 6.45) is 0. The van der Waals surface area contributed by atoms with Gasteiger partial charge in [0.1, 0.15) is 0 Å². The van der Waals surface area contributed by atoms with Crippen molar-refractivity contribution in [3.05, 3.63) is 23.8 Å². The molecule has 0 amide bonds. The molecule has 1 aromatic carbocycles. The second-order valence-electron chi connectivity index (χ2n) is 4.26. The third-order valence-corrected chi connectivity index (χ3v) is 4.28. The van der Waals surface area contributed by atoms with Crippen LogP contribution in [-0.2, 0) is 10.2 Å². The number of nitrogen functional groups attached to an aromatic ring is 1. The number of nitrogens with one attached hydrogen (secondary N) is 1. The lowest BCUT2D eigenvalue weighted by Crippen LogP contribution is -2.37. The van der Waals surface area contributed by atoms with Gasteiger partial charge in [-0.3, -0.25) is 4.72 Å². The first-order valence-corrected chi connectivity index (χ1v) is 6.80. The highest BCUT2D eigenvalue weighted by molar-refractivity contribution is 7.90. The molecule has 1 aromatic rings. The SMILES string of the molecule is Cc1cccc(N)c1NS(=O)(=O)N(C)C(C)C. The van der Waals surface area contributed by atoms with E-state index in [1.54, 1.807) is 26.0 Å². The number of benzene rings is 1. The summed E-state index contributed by atoms with van der Waals surface area (Å²) < 4.78 is 27.8. The standard InChI is InChI=1S/C11H19N3O2S/c1-8(2)14(4)17(15,16)13-11-9(3)6-5-7-10(11)12/h5-8,13H,12H2,1-4H3. The summed E-state index contributed by atoms with van der Waals surface area (Å²) in [5.74, 6) is 0. The van der Waals surface area contributed by atoms with E-state index in [1.807, 2.05) is 13.0 Å². The van der Waals surface area contributed by atoms with E-state index in [-0.39, 0.29) is 6.04 Å². The Balaban J connectivity index is 3.07. The van der Waals surface area contributed by atoms with Crippen LogP contribution in [0.1, 0.15) is 19.4 Å². The average Bonchev–Trinajstić information content (AvgIpc) is 2.22. The summed E-state index contributed by atoms with van der Waals surface area (Å²) in [7, 11) is -2.03. The first kappa shape index (κ1) is 13.8. The van der Waals surface area contributed by atoms with Crippen molar-refractivity contribution in [2.45, 2.75) is 26.8 Å². The lowest BCUT2D eigenvalue weighted by molar-refractivity contribution is 0.414. The van der Waals surface area contributed by atoms with Crippen molar-refractivity contribution in [1.82, 2.24) is 4.31 Å². The Morgan fingerprint density at radius 3 is 2.41 bits per heavy atom. The zero-order valence-corrected chi connectivity index (χ0v) is 11.4. The highest BCUT2D eigenvalue weighted by atomic mass is 32.2. The fraction of sp³-hybridized carbons (Fsp3) is 0.455. The summed E-state index contributed by atoms with van der Waals surface area (Å²) in [5, 5.41) is 0. The van der Waals surface area contributed by atoms with Crippen LogP contribution in [0.25, 0.3) is 0 Å². The molecule has 96 valence electrons. The number of hydrogen-bond donors (Lipinski definition) is 2. The zero-order chi connectivity index (χ0) is 13.2. The molecule has 6 heteroatoms. The number of anilines is 2. The largest absolute Gasteiger partial charge is 0.397 e. The molecule has 0 atom stereocenters. The van der Waals surface area contributed by atoms with Gasteiger partial charge in [-0.1, -0.05) is 12.1 Å². The quantitative estimate of drug-likeness (QED) is 0.804. The second kappa shape index (κ2) is 4.93. The molecule has 0 bridgehead atoms. The van der Waals surface area contributed by atoms with Gasteiger partial charge in [0.15, 0.2) is 0 Å². The molecular formula is C11H19N3O2S. The van der Waals surface area contributed by atoms with E-state index in [9.17, 15) is 8.42 Å². The van der Waals surface area contributed by atoms with E-state index in [0.29, 0.717) is 11.4 Å². The van der Waals surface area contributed by atoms with E-state index >= 15 is 0 Å². The van der Waals surface area contributed by atoms with E-state index in [4.69, 9.17) is 5.73 Å². The highest BCUT2D eigenvalue weighted by Crippen LogP contribution is 2.24. The van der Waals surface area contributed by atoms with Gasteiger partial charge < -0.3 is 5.73 Å². The molecule has 0 aliphatic carbocycles. The molecule has 0 unspecified atom stereocenters. The van der Waals surface area contributed by atoms with Crippen LogP contribution >= 0.6 is 0 Å². The van der Waals surface area contributed by atoms with Gasteiger partial charge in [-0.2, -0.15) is 12.7 Å². The van der Waals surface area contributed by atoms with E-state index in [1.165, 1.54) is 11.4 Å². The Kier molecular flexibility index (Phi) is 4.00. The number of rotatable bonds is 4. The minimum atomic E-state index is -3.55. The van der Waals surface area contributed by atoms with Gasteiger partial charge in [0.2, 0.25) is 0 Å². The fourth-order valence-electron chi connectivity index (χ4n) is 1.31. The van der Waals surface area contributed by atoms with Gasteiger partial charge in [0, 0.05) is 13.1 Å². The molecule has 0 spiro atoms. The Morgan fingerprint density at radius 1 is 1.35 bits per heavy atom. The molecule has 0 aliphatic heterocycles. The first-order chi connectivity index (χ1) is 7.75. The van der Waals surface area contributed by atoms with Crippen molar-refractivity contribution in [2.75, 3.05) is 17.5 Å². The van der Waals surface area contributed by atoms with Gasteiger partial charge >= 0.3 is 10.2 Å². The predicted molar refractivity (Wildman–Crippen MR) is 71.0 cm³/mol. The highest BCUT2D eigenvalue weighted by Gasteiger charge is 2.21. The van der Waals surface area contributed by atoms with E-state index in [2.05, 4.69) is 4.72 Å². The van der Waals surface area contributed by atoms with Crippen molar-refractivity contribution >= 4 is 21.6 Å². The van der Waals surface area contributed by atoms with Crippen LogP contribution < -0.4 is 10.5 Å². The molecule has 0 heterocycles. The summed E-state index contributed by atoms with van der Waals surface area (Å²) in [5.41, 5.74) is 7.42. The van der Waals surface area contributed by atoms with E-state index in [0.717, 1.165) is 5.56 Å². The molecular weight excluding hydrogens is 238 g/mol. The summed E-state index contributed by atoms with van der Waals surface area (Å²) >= 11 is 0. The number of para-hydroxylation sites is 1. The third-order valence-electron chi connectivity index (χ3n) is 2.64. The van der Waals surface area contributed by atoms with Crippen molar-refractivity contribution in [2.24, 2.45) is 0 Å². The molecule has 1 rings (SSSR count). The van der Waals surface area contributed by atoms with E-state index < -0.39 is 10.2 Å². The van der Waals surface area contributed by atoms with Crippen molar-refractivity contribution in [3.8, 4) is 0 Å². The molecule has 0 aliphatic rings. The molecule has 0 fully saturated rings. The number of hydrogen-bond acceptors (Lipinski definition) is 3. The topological polar surface area (TPSA) is 75.4 Å². The smallest absolute Gasteiger partial charge is 0.301 e. The van der Waals surface area contributed by atoms with Crippen molar-refractivity contribution in [3.63, 3.8) is 0 Å². The van der Waals surface area contributed by atoms with Crippen molar-refractivity contribution < 1.29 is 8.42 Å². The maximum atomic E-state index is 12.0. The zero-order valence-electron chi connectivity index (χ0n) is 10.6. The Bertz CT molecular complexity index is 477. The lowest BCUT2D eigenvalue weighted by Gasteiger charge is -2.23. The maximum Gasteiger partial charge on any atom is 0.301 e. The van der Waals surface area contributed by atoms with Gasteiger partial charge in [0.25, 0.3) is 0 Å².